The molecule has 0 bridgehead atoms. The fourth-order valence-corrected chi connectivity index (χ4v) is 2.84. The van der Waals surface area contributed by atoms with Gasteiger partial charge in [0.15, 0.2) is 5.58 Å². The first-order chi connectivity index (χ1) is 10.8. The summed E-state index contributed by atoms with van der Waals surface area (Å²) in [5.74, 6) is -1.63. The normalized spacial score (nSPS) is 22.3. The number of anilines is 1. The molecule has 0 saturated heterocycles. The van der Waals surface area contributed by atoms with E-state index in [9.17, 15) is 18.0 Å². The summed E-state index contributed by atoms with van der Waals surface area (Å²) in [6, 6.07) is 4.25. The number of alkyl halides is 3. The molecule has 0 aliphatic heterocycles. The second kappa shape index (κ2) is 5.84. The number of oxazole rings is 1. The zero-order valence-electron chi connectivity index (χ0n) is 12.2. The molecule has 2 atom stereocenters. The van der Waals surface area contributed by atoms with Gasteiger partial charge in [0, 0.05) is 17.6 Å². The number of carbonyl (C=O) groups excluding carboxylic acids is 1. The van der Waals surface area contributed by atoms with Gasteiger partial charge in [-0.2, -0.15) is 13.2 Å². The van der Waals surface area contributed by atoms with Crippen LogP contribution in [0.2, 0.25) is 0 Å². The smallest absolute Gasteiger partial charge is 0.433 e. The lowest BCUT2D eigenvalue weighted by Gasteiger charge is -2.25. The quantitative estimate of drug-likeness (QED) is 0.887. The Morgan fingerprint density at radius 2 is 2.13 bits per heavy atom. The number of aromatic nitrogens is 1. The lowest BCUT2D eigenvalue weighted by Crippen LogP contribution is -2.34. The van der Waals surface area contributed by atoms with Crippen LogP contribution in [-0.2, 0) is 11.0 Å². The van der Waals surface area contributed by atoms with Gasteiger partial charge in [0.25, 0.3) is 0 Å². The van der Waals surface area contributed by atoms with Crippen molar-refractivity contribution in [1.82, 2.24) is 4.98 Å². The van der Waals surface area contributed by atoms with Crippen molar-refractivity contribution in [3.8, 4) is 0 Å². The third-order valence-corrected chi connectivity index (χ3v) is 3.98. The zero-order valence-corrected chi connectivity index (χ0v) is 12.2. The Kier molecular flexibility index (Phi) is 4.01. The van der Waals surface area contributed by atoms with Gasteiger partial charge in [-0.1, -0.05) is 6.42 Å². The number of benzene rings is 1. The van der Waals surface area contributed by atoms with Gasteiger partial charge in [0.05, 0.1) is 0 Å². The number of carbonyl (C=O) groups is 1. The van der Waals surface area contributed by atoms with E-state index in [1.807, 2.05) is 0 Å². The largest absolute Gasteiger partial charge is 0.468 e. The van der Waals surface area contributed by atoms with Crippen molar-refractivity contribution < 1.29 is 22.4 Å². The van der Waals surface area contributed by atoms with Gasteiger partial charge >= 0.3 is 12.1 Å². The van der Waals surface area contributed by atoms with Crippen LogP contribution in [0, 0.1) is 5.92 Å². The van der Waals surface area contributed by atoms with Crippen LogP contribution in [-0.4, -0.2) is 16.9 Å². The molecule has 1 saturated carbocycles. The minimum Gasteiger partial charge on any atom is -0.433 e. The number of hydrogen-bond donors (Lipinski definition) is 2. The molecule has 2 unspecified atom stereocenters. The number of amides is 1. The van der Waals surface area contributed by atoms with Crippen LogP contribution in [0.1, 0.15) is 31.6 Å². The highest BCUT2D eigenvalue weighted by Gasteiger charge is 2.37. The summed E-state index contributed by atoms with van der Waals surface area (Å²) in [5.41, 5.74) is 6.33. The summed E-state index contributed by atoms with van der Waals surface area (Å²) in [4.78, 5) is 15.6. The van der Waals surface area contributed by atoms with Gasteiger partial charge in [-0.15, -0.1) is 0 Å². The van der Waals surface area contributed by atoms with Gasteiger partial charge < -0.3 is 15.5 Å². The van der Waals surface area contributed by atoms with E-state index in [0.29, 0.717) is 12.1 Å². The fourth-order valence-electron chi connectivity index (χ4n) is 2.84. The molecule has 0 spiro atoms. The van der Waals surface area contributed by atoms with E-state index >= 15 is 0 Å². The van der Waals surface area contributed by atoms with Crippen LogP contribution in [0.4, 0.5) is 18.9 Å². The van der Waals surface area contributed by atoms with Crippen molar-refractivity contribution in [3.63, 3.8) is 0 Å². The molecular formula is C15H16F3N3O2. The molecular weight excluding hydrogens is 311 g/mol. The van der Waals surface area contributed by atoms with Crippen molar-refractivity contribution in [1.29, 1.82) is 0 Å². The number of hydrogen-bond acceptors (Lipinski definition) is 4. The van der Waals surface area contributed by atoms with E-state index in [-0.39, 0.29) is 29.0 Å². The fraction of sp³-hybridized carbons (Fsp3) is 0.467. The summed E-state index contributed by atoms with van der Waals surface area (Å²) in [6.07, 6.45) is -1.44. The second-order valence-electron chi connectivity index (χ2n) is 5.81. The number of fused-ring (bicyclic) bond motifs is 1. The zero-order chi connectivity index (χ0) is 16.6. The number of rotatable bonds is 2. The Balaban J connectivity index is 1.76. The van der Waals surface area contributed by atoms with E-state index < -0.39 is 12.1 Å². The molecule has 23 heavy (non-hydrogen) atoms. The van der Waals surface area contributed by atoms with Gasteiger partial charge in [-0.3, -0.25) is 4.79 Å². The topological polar surface area (TPSA) is 81.2 Å². The van der Waals surface area contributed by atoms with Crippen LogP contribution in [0.5, 0.6) is 0 Å². The third kappa shape index (κ3) is 3.47. The van der Waals surface area contributed by atoms with Gasteiger partial charge in [0.1, 0.15) is 5.52 Å². The average molecular weight is 327 g/mol. The van der Waals surface area contributed by atoms with Crippen molar-refractivity contribution in [3.05, 3.63) is 24.1 Å². The molecule has 124 valence electrons. The summed E-state index contributed by atoms with van der Waals surface area (Å²) in [6.45, 7) is 0. The second-order valence-corrected chi connectivity index (χ2v) is 5.81. The van der Waals surface area contributed by atoms with Gasteiger partial charge in [0.2, 0.25) is 5.91 Å². The average Bonchev–Trinajstić information content (AvgIpc) is 2.90. The molecule has 1 aromatic heterocycles. The molecule has 1 aromatic carbocycles. The minimum atomic E-state index is -4.64. The predicted molar refractivity (Wildman–Crippen MR) is 77.6 cm³/mol. The highest BCUT2D eigenvalue weighted by atomic mass is 19.4. The standard InChI is InChI=1S/C15H16F3N3O2/c16-15(17,18)14-21-11-7-10(4-5-12(11)23-14)20-13(22)8-2-1-3-9(19)6-8/h4-5,7-9H,1-3,6,19H2,(H,20,22). The summed E-state index contributed by atoms with van der Waals surface area (Å²) < 4.78 is 42.4. The summed E-state index contributed by atoms with van der Waals surface area (Å²) in [5, 5.41) is 2.71. The lowest BCUT2D eigenvalue weighted by atomic mass is 9.85. The summed E-state index contributed by atoms with van der Waals surface area (Å²) >= 11 is 0. The molecule has 0 radical (unpaired) electrons. The Bertz CT molecular complexity index is 726. The monoisotopic (exact) mass is 327 g/mol. The summed E-state index contributed by atoms with van der Waals surface area (Å²) in [7, 11) is 0. The Hall–Kier alpha value is -2.09. The van der Waals surface area contributed by atoms with Crippen LogP contribution in [0.15, 0.2) is 22.6 Å². The Morgan fingerprint density at radius 1 is 1.35 bits per heavy atom. The molecule has 3 rings (SSSR count). The molecule has 1 aliphatic rings. The van der Waals surface area contributed by atoms with E-state index in [1.54, 1.807) is 0 Å². The van der Waals surface area contributed by atoms with E-state index in [4.69, 9.17) is 5.73 Å². The number of halogens is 3. The molecule has 1 amide bonds. The predicted octanol–water partition coefficient (Wildman–Crippen LogP) is 3.30. The van der Waals surface area contributed by atoms with Gasteiger partial charge in [-0.05, 0) is 37.5 Å². The maximum Gasteiger partial charge on any atom is 0.468 e. The number of nitrogens with one attached hydrogen (secondary N) is 1. The molecule has 5 nitrogen and oxygen atoms in total. The molecule has 1 heterocycles. The highest BCUT2D eigenvalue weighted by molar-refractivity contribution is 5.94. The first-order valence-corrected chi connectivity index (χ1v) is 7.37. The first kappa shape index (κ1) is 15.8. The van der Waals surface area contributed by atoms with Gasteiger partial charge in [-0.25, -0.2) is 4.98 Å². The Morgan fingerprint density at radius 3 is 2.83 bits per heavy atom. The molecule has 3 N–H and O–H groups in total. The third-order valence-electron chi connectivity index (χ3n) is 3.98. The SMILES string of the molecule is NC1CCCC(C(=O)Nc2ccc3oc(C(F)(F)F)nc3c2)C1. The number of nitrogens with two attached hydrogens (primary N) is 1. The van der Waals surface area contributed by atoms with E-state index in [1.165, 1.54) is 18.2 Å². The van der Waals surface area contributed by atoms with Crippen LogP contribution >= 0.6 is 0 Å². The maximum absolute atomic E-state index is 12.6. The van der Waals surface area contributed by atoms with Crippen molar-refractivity contribution in [2.45, 2.75) is 37.9 Å². The Labute approximate surface area is 130 Å². The van der Waals surface area contributed by atoms with Crippen LogP contribution in [0.3, 0.4) is 0 Å². The van der Waals surface area contributed by atoms with Crippen molar-refractivity contribution in [2.75, 3.05) is 5.32 Å². The van der Waals surface area contributed by atoms with E-state index in [0.717, 1.165) is 19.3 Å². The van der Waals surface area contributed by atoms with E-state index in [2.05, 4.69) is 14.7 Å². The molecule has 8 heteroatoms. The first-order valence-electron chi connectivity index (χ1n) is 7.37. The maximum atomic E-state index is 12.6. The molecule has 1 fully saturated rings. The number of nitrogens with zero attached hydrogens (tertiary/aromatic N) is 1. The van der Waals surface area contributed by atoms with Crippen LogP contribution < -0.4 is 11.1 Å². The van der Waals surface area contributed by atoms with Crippen molar-refractivity contribution in [2.24, 2.45) is 11.7 Å². The lowest BCUT2D eigenvalue weighted by molar-refractivity contribution is -0.156. The van der Waals surface area contributed by atoms with Crippen LogP contribution in [0.25, 0.3) is 11.1 Å². The minimum absolute atomic E-state index is 0.0202. The van der Waals surface area contributed by atoms with Crippen molar-refractivity contribution >= 4 is 22.7 Å². The molecule has 2 aromatic rings. The molecule has 1 aliphatic carbocycles. The highest BCUT2D eigenvalue weighted by Crippen LogP contribution is 2.32.